The molecule has 0 unspecified atom stereocenters. The van der Waals surface area contributed by atoms with Crippen molar-refractivity contribution in [3.05, 3.63) is 29.3 Å². The van der Waals surface area contributed by atoms with Crippen LogP contribution in [0.2, 0.25) is 0 Å². The zero-order valence-corrected chi connectivity index (χ0v) is 12.1. The van der Waals surface area contributed by atoms with Crippen molar-refractivity contribution in [3.63, 3.8) is 0 Å². The van der Waals surface area contributed by atoms with E-state index in [1.54, 1.807) is 0 Å². The molecule has 0 saturated heterocycles. The summed E-state index contributed by atoms with van der Waals surface area (Å²) in [6, 6.07) is 5.73. The molecule has 0 radical (unpaired) electrons. The number of hydrogen-bond acceptors (Lipinski definition) is 4. The maximum absolute atomic E-state index is 11.4. The number of ether oxygens (including phenoxy) is 1. The van der Waals surface area contributed by atoms with E-state index in [-0.39, 0.29) is 12.5 Å². The van der Waals surface area contributed by atoms with Crippen molar-refractivity contribution >= 4 is 23.6 Å². The van der Waals surface area contributed by atoms with Crippen LogP contribution in [0.5, 0.6) is 5.75 Å². The van der Waals surface area contributed by atoms with Gasteiger partial charge in [0.2, 0.25) is 5.91 Å². The van der Waals surface area contributed by atoms with Gasteiger partial charge in [0.05, 0.1) is 5.75 Å². The first kappa shape index (κ1) is 15.4. The molecule has 0 saturated carbocycles. The van der Waals surface area contributed by atoms with Crippen LogP contribution >= 0.6 is 11.8 Å². The van der Waals surface area contributed by atoms with Gasteiger partial charge in [0, 0.05) is 0 Å². The maximum Gasteiger partial charge on any atom is 0.276 e. The second-order valence-electron chi connectivity index (χ2n) is 4.14. The van der Waals surface area contributed by atoms with Gasteiger partial charge in [0.15, 0.2) is 6.61 Å². The van der Waals surface area contributed by atoms with Crippen molar-refractivity contribution < 1.29 is 14.3 Å². The minimum absolute atomic E-state index is 0.136. The van der Waals surface area contributed by atoms with Crippen LogP contribution in [0.1, 0.15) is 11.1 Å². The normalized spacial score (nSPS) is 9.84. The molecule has 1 rings (SSSR count). The van der Waals surface area contributed by atoms with Gasteiger partial charge in [0.25, 0.3) is 5.91 Å². The summed E-state index contributed by atoms with van der Waals surface area (Å²) in [5, 5.41) is 0. The fraction of sp³-hybridized carbons (Fsp3) is 0.385. The SMILES string of the molecule is CSCC(=O)NNC(=O)COc1cc(C)cc(C)c1. The second kappa shape index (κ2) is 7.68. The smallest absolute Gasteiger partial charge is 0.276 e. The third-order valence-electron chi connectivity index (χ3n) is 2.18. The molecule has 0 aliphatic rings. The lowest BCUT2D eigenvalue weighted by molar-refractivity contribution is -0.128. The Morgan fingerprint density at radius 3 is 2.26 bits per heavy atom. The number of aryl methyl sites for hydroxylation is 2. The predicted molar refractivity (Wildman–Crippen MR) is 76.1 cm³/mol. The Labute approximate surface area is 117 Å². The average Bonchev–Trinajstić information content (AvgIpc) is 2.33. The Morgan fingerprint density at radius 2 is 1.68 bits per heavy atom. The molecule has 6 heteroatoms. The minimum Gasteiger partial charge on any atom is -0.484 e. The molecule has 19 heavy (non-hydrogen) atoms. The number of hydrazine groups is 1. The number of thioether (sulfide) groups is 1. The first-order valence-electron chi connectivity index (χ1n) is 5.79. The fourth-order valence-corrected chi connectivity index (χ4v) is 1.84. The van der Waals surface area contributed by atoms with Crippen LogP contribution in [0.15, 0.2) is 18.2 Å². The van der Waals surface area contributed by atoms with Gasteiger partial charge < -0.3 is 4.74 Å². The fourth-order valence-electron chi connectivity index (χ4n) is 1.51. The summed E-state index contributed by atoms with van der Waals surface area (Å²) in [4.78, 5) is 22.6. The number of nitrogens with one attached hydrogen (secondary N) is 2. The van der Waals surface area contributed by atoms with E-state index >= 15 is 0 Å². The lowest BCUT2D eigenvalue weighted by Crippen LogP contribution is -2.44. The molecule has 104 valence electrons. The second-order valence-corrected chi connectivity index (χ2v) is 5.01. The van der Waals surface area contributed by atoms with E-state index < -0.39 is 5.91 Å². The number of amides is 2. The number of carbonyl (C=O) groups is 2. The van der Waals surface area contributed by atoms with Gasteiger partial charge in [-0.1, -0.05) is 6.07 Å². The van der Waals surface area contributed by atoms with Gasteiger partial charge in [-0.3, -0.25) is 20.4 Å². The van der Waals surface area contributed by atoms with E-state index in [0.29, 0.717) is 11.5 Å². The molecule has 1 aromatic carbocycles. The van der Waals surface area contributed by atoms with E-state index in [2.05, 4.69) is 10.9 Å². The van der Waals surface area contributed by atoms with Crippen LogP contribution in [0.3, 0.4) is 0 Å². The summed E-state index contributed by atoms with van der Waals surface area (Å²) in [5.41, 5.74) is 6.74. The highest BCUT2D eigenvalue weighted by Crippen LogP contribution is 2.15. The van der Waals surface area contributed by atoms with Crippen molar-refractivity contribution in [1.82, 2.24) is 10.9 Å². The van der Waals surface area contributed by atoms with Crippen LogP contribution in [-0.4, -0.2) is 30.4 Å². The lowest BCUT2D eigenvalue weighted by Gasteiger charge is -2.09. The van der Waals surface area contributed by atoms with Crippen molar-refractivity contribution in [2.75, 3.05) is 18.6 Å². The number of rotatable bonds is 5. The largest absolute Gasteiger partial charge is 0.484 e. The van der Waals surface area contributed by atoms with Gasteiger partial charge in [-0.15, -0.1) is 0 Å². The summed E-state index contributed by atoms with van der Waals surface area (Å²) >= 11 is 1.38. The van der Waals surface area contributed by atoms with Crippen LogP contribution in [0.4, 0.5) is 0 Å². The zero-order valence-electron chi connectivity index (χ0n) is 11.3. The van der Waals surface area contributed by atoms with Crippen LogP contribution in [0.25, 0.3) is 0 Å². The predicted octanol–water partition coefficient (Wildman–Crippen LogP) is 1.19. The topological polar surface area (TPSA) is 67.4 Å². The van der Waals surface area contributed by atoms with Gasteiger partial charge >= 0.3 is 0 Å². The van der Waals surface area contributed by atoms with Gasteiger partial charge in [-0.05, 0) is 43.4 Å². The maximum atomic E-state index is 11.4. The molecule has 5 nitrogen and oxygen atoms in total. The average molecular weight is 282 g/mol. The summed E-state index contributed by atoms with van der Waals surface area (Å²) in [5.74, 6) is 0.307. The summed E-state index contributed by atoms with van der Waals surface area (Å²) in [6.45, 7) is 3.79. The van der Waals surface area contributed by atoms with Crippen LogP contribution in [0, 0.1) is 13.8 Å². The van der Waals surface area contributed by atoms with E-state index in [9.17, 15) is 9.59 Å². The Kier molecular flexibility index (Phi) is 6.21. The number of hydrogen-bond donors (Lipinski definition) is 2. The minimum atomic E-state index is -0.395. The third kappa shape index (κ3) is 6.15. The molecule has 0 aliphatic heterocycles. The molecule has 0 aromatic heterocycles. The van der Waals surface area contributed by atoms with Crippen molar-refractivity contribution in [2.24, 2.45) is 0 Å². The Hall–Kier alpha value is -1.69. The highest BCUT2D eigenvalue weighted by atomic mass is 32.2. The molecule has 0 atom stereocenters. The molecule has 0 aliphatic carbocycles. The van der Waals surface area contributed by atoms with E-state index in [4.69, 9.17) is 4.74 Å². The Bertz CT molecular complexity index is 443. The van der Waals surface area contributed by atoms with Crippen molar-refractivity contribution in [3.8, 4) is 5.75 Å². The number of carbonyl (C=O) groups excluding carboxylic acids is 2. The lowest BCUT2D eigenvalue weighted by atomic mass is 10.1. The molecule has 1 aromatic rings. The Balaban J connectivity index is 2.35. The van der Waals surface area contributed by atoms with E-state index in [1.165, 1.54) is 11.8 Å². The first-order chi connectivity index (χ1) is 9.01. The number of benzene rings is 1. The Morgan fingerprint density at radius 1 is 1.11 bits per heavy atom. The molecule has 0 heterocycles. The molecule has 0 bridgehead atoms. The van der Waals surface area contributed by atoms with Crippen molar-refractivity contribution in [2.45, 2.75) is 13.8 Å². The van der Waals surface area contributed by atoms with Crippen molar-refractivity contribution in [1.29, 1.82) is 0 Å². The summed E-state index contributed by atoms with van der Waals surface area (Å²) in [6.07, 6.45) is 1.81. The molecule has 2 N–H and O–H groups in total. The highest BCUT2D eigenvalue weighted by Gasteiger charge is 2.05. The van der Waals surface area contributed by atoms with Gasteiger partial charge in [-0.25, -0.2) is 0 Å². The summed E-state index contributed by atoms with van der Waals surface area (Å²) in [7, 11) is 0. The van der Waals surface area contributed by atoms with Crippen LogP contribution in [-0.2, 0) is 9.59 Å². The van der Waals surface area contributed by atoms with Gasteiger partial charge in [-0.2, -0.15) is 11.8 Å². The molecule has 2 amide bonds. The molecular formula is C13H18N2O3S. The van der Waals surface area contributed by atoms with E-state index in [1.807, 2.05) is 38.3 Å². The van der Waals surface area contributed by atoms with Gasteiger partial charge in [0.1, 0.15) is 5.75 Å². The zero-order chi connectivity index (χ0) is 14.3. The third-order valence-corrected chi connectivity index (χ3v) is 2.73. The standard InChI is InChI=1S/C13H18N2O3S/c1-9-4-10(2)6-11(5-9)18-7-12(16)14-15-13(17)8-19-3/h4-6H,7-8H2,1-3H3,(H,14,16)(H,15,17). The first-order valence-corrected chi connectivity index (χ1v) is 7.18. The highest BCUT2D eigenvalue weighted by molar-refractivity contribution is 7.99. The monoisotopic (exact) mass is 282 g/mol. The molecular weight excluding hydrogens is 264 g/mol. The van der Waals surface area contributed by atoms with E-state index in [0.717, 1.165) is 11.1 Å². The summed E-state index contributed by atoms with van der Waals surface area (Å²) < 4.78 is 5.35. The molecule has 0 spiro atoms. The quantitative estimate of drug-likeness (QED) is 0.796. The van der Waals surface area contributed by atoms with Crippen LogP contribution < -0.4 is 15.6 Å². The molecule has 0 fully saturated rings.